The van der Waals surface area contributed by atoms with Gasteiger partial charge in [-0.05, 0) is 0 Å². The number of carbonyl (C=O) groups excluding carboxylic acids is 1. The lowest BCUT2D eigenvalue weighted by atomic mass is 10.2. The zero-order valence-electron chi connectivity index (χ0n) is 8.21. The Morgan fingerprint density at radius 3 is 2.81 bits per heavy atom. The summed E-state index contributed by atoms with van der Waals surface area (Å²) >= 11 is 1.03. The highest BCUT2D eigenvalue weighted by molar-refractivity contribution is 7.99. The number of carboxylic acid groups (broad SMARTS) is 1. The van der Waals surface area contributed by atoms with Crippen LogP contribution < -0.4 is 5.11 Å². The zero-order chi connectivity index (χ0) is 11.4. The fourth-order valence-electron chi connectivity index (χ4n) is 1.16. The maximum absolute atomic E-state index is 10.3. The monoisotopic (exact) mass is 234 g/mol. The molecule has 0 radical (unpaired) electrons. The van der Waals surface area contributed by atoms with Crippen LogP contribution >= 0.6 is 11.8 Å². The van der Waals surface area contributed by atoms with E-state index in [9.17, 15) is 9.90 Å². The minimum absolute atomic E-state index is 0.147. The molecule has 2 rings (SSSR count). The topological polar surface area (TPSA) is 81.7 Å². The third-order valence-corrected chi connectivity index (χ3v) is 2.65. The molecular weight excluding hydrogens is 226 g/mol. The van der Waals surface area contributed by atoms with E-state index in [-0.39, 0.29) is 5.75 Å². The molecule has 0 saturated carbocycles. The van der Waals surface area contributed by atoms with Gasteiger partial charge in [0.15, 0.2) is 5.82 Å². The summed E-state index contributed by atoms with van der Waals surface area (Å²) < 4.78 is 0. The van der Waals surface area contributed by atoms with Crippen molar-refractivity contribution in [1.29, 1.82) is 0 Å². The van der Waals surface area contributed by atoms with Gasteiger partial charge in [-0.25, -0.2) is 4.98 Å². The molecule has 2 aromatic rings. The second-order valence-electron chi connectivity index (χ2n) is 2.99. The summed E-state index contributed by atoms with van der Waals surface area (Å²) in [6.45, 7) is 0. The molecule has 1 heterocycles. The molecule has 1 N–H and O–H groups in total. The first-order chi connectivity index (χ1) is 7.75. The van der Waals surface area contributed by atoms with E-state index in [0.29, 0.717) is 11.0 Å². The quantitative estimate of drug-likeness (QED) is 0.770. The van der Waals surface area contributed by atoms with Crippen molar-refractivity contribution >= 4 is 17.7 Å². The van der Waals surface area contributed by atoms with E-state index < -0.39 is 5.97 Å². The zero-order valence-corrected chi connectivity index (χ0v) is 9.03. The third-order valence-electron chi connectivity index (χ3n) is 1.83. The molecule has 6 heteroatoms. The molecule has 0 unspecified atom stereocenters. The summed E-state index contributed by atoms with van der Waals surface area (Å²) in [6, 6.07) is 9.49. The number of thioether (sulfide) groups is 1. The number of carbonyl (C=O) groups is 1. The lowest BCUT2D eigenvalue weighted by Crippen LogP contribution is -2.24. The lowest BCUT2D eigenvalue weighted by molar-refractivity contribution is -0.301. The number of aromatic amines is 1. The number of nitrogens with one attached hydrogen (secondary N) is 1. The lowest BCUT2D eigenvalue weighted by Gasteiger charge is -1.96. The smallest absolute Gasteiger partial charge is 0.209 e. The predicted octanol–water partition coefficient (Wildman–Crippen LogP) is 0.314. The van der Waals surface area contributed by atoms with Crippen molar-refractivity contribution in [3.8, 4) is 11.4 Å². The maximum atomic E-state index is 10.3. The Morgan fingerprint density at radius 2 is 2.12 bits per heavy atom. The van der Waals surface area contributed by atoms with Crippen LogP contribution in [0.3, 0.4) is 0 Å². The normalized spacial score (nSPS) is 10.2. The van der Waals surface area contributed by atoms with Gasteiger partial charge in [-0.15, -0.1) is 5.10 Å². The fraction of sp³-hybridized carbons (Fsp3) is 0.100. The number of benzene rings is 1. The van der Waals surface area contributed by atoms with E-state index in [4.69, 9.17) is 0 Å². The second kappa shape index (κ2) is 4.80. The highest BCUT2D eigenvalue weighted by Crippen LogP contribution is 2.18. The van der Waals surface area contributed by atoms with Gasteiger partial charge < -0.3 is 9.90 Å². The molecule has 5 nitrogen and oxygen atoms in total. The number of aromatic nitrogens is 3. The van der Waals surface area contributed by atoms with E-state index in [2.05, 4.69) is 15.2 Å². The van der Waals surface area contributed by atoms with Crippen molar-refractivity contribution in [2.24, 2.45) is 0 Å². The Kier molecular flexibility index (Phi) is 3.21. The van der Waals surface area contributed by atoms with Gasteiger partial charge in [-0.1, -0.05) is 42.1 Å². The van der Waals surface area contributed by atoms with Crippen molar-refractivity contribution in [2.45, 2.75) is 5.16 Å². The van der Waals surface area contributed by atoms with Gasteiger partial charge in [-0.3, -0.25) is 5.10 Å². The summed E-state index contributed by atoms with van der Waals surface area (Å²) in [4.78, 5) is 14.4. The molecule has 0 aliphatic rings. The van der Waals surface area contributed by atoms with Gasteiger partial charge in [0.2, 0.25) is 5.16 Å². The number of hydrogen-bond acceptors (Lipinski definition) is 5. The summed E-state index contributed by atoms with van der Waals surface area (Å²) in [5, 5.41) is 17.3. The molecule has 82 valence electrons. The molecule has 0 aliphatic heterocycles. The Labute approximate surface area is 95.9 Å². The van der Waals surface area contributed by atoms with Crippen molar-refractivity contribution in [2.75, 3.05) is 5.75 Å². The molecule has 0 saturated heterocycles. The van der Waals surface area contributed by atoms with Crippen LogP contribution in [0.5, 0.6) is 0 Å². The number of carboxylic acids is 1. The largest absolute Gasteiger partial charge is 0.549 e. The van der Waals surface area contributed by atoms with Gasteiger partial charge in [0.1, 0.15) is 0 Å². The standard InChI is InChI=1S/C10H9N3O2S/c14-8(15)6-16-10-11-9(12-13-10)7-4-2-1-3-5-7/h1-5H,6H2,(H,14,15)(H,11,12,13)/p-1. The van der Waals surface area contributed by atoms with Crippen molar-refractivity contribution < 1.29 is 9.90 Å². The SMILES string of the molecule is O=C([O-])CSc1n[nH]c(-c2ccccc2)n1. The third kappa shape index (κ3) is 2.60. The number of nitrogens with zero attached hydrogens (tertiary/aromatic N) is 2. The summed E-state index contributed by atoms with van der Waals surface area (Å²) in [5.41, 5.74) is 0.912. The predicted molar refractivity (Wildman–Crippen MR) is 57.5 cm³/mol. The fourth-order valence-corrected chi connectivity index (χ4v) is 1.67. The highest BCUT2D eigenvalue weighted by atomic mass is 32.2. The molecule has 0 spiro atoms. The van der Waals surface area contributed by atoms with Crippen LogP contribution in [0.15, 0.2) is 35.5 Å². The number of H-pyrrole nitrogens is 1. The first-order valence-electron chi connectivity index (χ1n) is 4.56. The molecule has 0 atom stereocenters. The van der Waals surface area contributed by atoms with Crippen LogP contribution in [0.25, 0.3) is 11.4 Å². The van der Waals surface area contributed by atoms with Crippen molar-refractivity contribution in [1.82, 2.24) is 15.2 Å². The molecule has 1 aromatic carbocycles. The van der Waals surface area contributed by atoms with Crippen molar-refractivity contribution in [3.63, 3.8) is 0 Å². The van der Waals surface area contributed by atoms with Crippen LogP contribution in [0, 0.1) is 0 Å². The van der Waals surface area contributed by atoms with E-state index >= 15 is 0 Å². The highest BCUT2D eigenvalue weighted by Gasteiger charge is 2.05. The molecular formula is C10H8N3O2S-. The van der Waals surface area contributed by atoms with Crippen LogP contribution in [0.4, 0.5) is 0 Å². The van der Waals surface area contributed by atoms with E-state index in [1.165, 1.54) is 0 Å². The first-order valence-corrected chi connectivity index (χ1v) is 5.55. The number of hydrogen-bond donors (Lipinski definition) is 1. The number of aliphatic carboxylic acids is 1. The number of rotatable bonds is 4. The van der Waals surface area contributed by atoms with E-state index in [1.807, 2.05) is 30.3 Å². The average molecular weight is 234 g/mol. The first kappa shape index (κ1) is 10.7. The minimum atomic E-state index is -1.13. The van der Waals surface area contributed by atoms with Gasteiger partial charge in [0, 0.05) is 11.3 Å². The Balaban J connectivity index is 2.11. The summed E-state index contributed by atoms with van der Waals surface area (Å²) in [6.07, 6.45) is 0. The molecule has 0 bridgehead atoms. The van der Waals surface area contributed by atoms with Crippen LogP contribution in [-0.2, 0) is 4.79 Å². The molecule has 0 amide bonds. The molecule has 1 aromatic heterocycles. The van der Waals surface area contributed by atoms with Gasteiger partial charge >= 0.3 is 0 Å². The van der Waals surface area contributed by atoms with Gasteiger partial charge in [0.25, 0.3) is 0 Å². The van der Waals surface area contributed by atoms with Gasteiger partial charge in [-0.2, -0.15) is 0 Å². The summed E-state index contributed by atoms with van der Waals surface area (Å²) in [5.74, 6) is -0.649. The Hall–Kier alpha value is -1.82. The van der Waals surface area contributed by atoms with Crippen LogP contribution in [0.2, 0.25) is 0 Å². The molecule has 0 aliphatic carbocycles. The average Bonchev–Trinajstić information content (AvgIpc) is 2.76. The molecule has 16 heavy (non-hydrogen) atoms. The van der Waals surface area contributed by atoms with Gasteiger partial charge in [0.05, 0.1) is 5.97 Å². The van der Waals surface area contributed by atoms with E-state index in [1.54, 1.807) is 0 Å². The Bertz CT molecular complexity index is 484. The maximum Gasteiger partial charge on any atom is 0.209 e. The summed E-state index contributed by atoms with van der Waals surface area (Å²) in [7, 11) is 0. The van der Waals surface area contributed by atoms with E-state index in [0.717, 1.165) is 17.3 Å². The Morgan fingerprint density at radius 1 is 1.38 bits per heavy atom. The second-order valence-corrected chi connectivity index (χ2v) is 3.94. The van der Waals surface area contributed by atoms with Crippen LogP contribution in [0.1, 0.15) is 0 Å². The van der Waals surface area contributed by atoms with Crippen LogP contribution in [-0.4, -0.2) is 26.9 Å². The molecule has 0 fully saturated rings. The van der Waals surface area contributed by atoms with Crippen molar-refractivity contribution in [3.05, 3.63) is 30.3 Å². The minimum Gasteiger partial charge on any atom is -0.549 e.